The van der Waals surface area contributed by atoms with Gasteiger partial charge in [0.2, 0.25) is 5.91 Å². The van der Waals surface area contributed by atoms with Crippen LogP contribution in [-0.2, 0) is 19.4 Å². The molecule has 1 aliphatic heterocycles. The van der Waals surface area contributed by atoms with Crippen LogP contribution in [0.1, 0.15) is 35.4 Å². The minimum Gasteiger partial charge on any atom is -0.465 e. The van der Waals surface area contributed by atoms with Crippen molar-refractivity contribution in [2.24, 2.45) is 0 Å². The van der Waals surface area contributed by atoms with E-state index in [4.69, 9.17) is 9.72 Å². The number of ether oxygens (including phenoxy) is 1. The Hall–Kier alpha value is -3.27. The Balaban J connectivity index is 1.92. The zero-order valence-electron chi connectivity index (χ0n) is 17.4. The lowest BCUT2D eigenvalue weighted by Crippen LogP contribution is -2.13. The molecule has 0 radical (unpaired) electrons. The van der Waals surface area contributed by atoms with E-state index in [-0.39, 0.29) is 23.5 Å². The maximum absolute atomic E-state index is 12.6. The van der Waals surface area contributed by atoms with E-state index in [1.54, 1.807) is 35.9 Å². The summed E-state index contributed by atoms with van der Waals surface area (Å²) in [4.78, 5) is 28.7. The first kappa shape index (κ1) is 21.0. The predicted molar refractivity (Wildman–Crippen MR) is 116 cm³/mol. The number of esters is 1. The Labute approximate surface area is 179 Å². The molecule has 0 spiro atoms. The van der Waals surface area contributed by atoms with Crippen molar-refractivity contribution in [3.8, 4) is 11.3 Å². The molecule has 2 aromatic heterocycles. The summed E-state index contributed by atoms with van der Waals surface area (Å²) < 4.78 is 30.6. The van der Waals surface area contributed by atoms with Crippen LogP contribution in [-0.4, -0.2) is 53.7 Å². The third-order valence-corrected chi connectivity index (χ3v) is 7.03. The van der Waals surface area contributed by atoms with E-state index in [1.165, 1.54) is 14.0 Å². The minimum absolute atomic E-state index is 0.0132. The number of rotatable bonds is 4. The number of benzene rings is 1. The van der Waals surface area contributed by atoms with Crippen LogP contribution in [0.15, 0.2) is 30.3 Å². The summed E-state index contributed by atoms with van der Waals surface area (Å²) in [5.74, 6) is -0.651. The minimum atomic E-state index is -3.13. The zero-order valence-corrected chi connectivity index (χ0v) is 18.2. The van der Waals surface area contributed by atoms with Crippen molar-refractivity contribution in [3.05, 3.63) is 41.6 Å². The lowest BCUT2D eigenvalue weighted by molar-refractivity contribution is -0.114. The molecule has 1 saturated heterocycles. The highest BCUT2D eigenvalue weighted by Gasteiger charge is 2.32. The van der Waals surface area contributed by atoms with E-state index in [9.17, 15) is 18.0 Å². The van der Waals surface area contributed by atoms with Crippen molar-refractivity contribution in [1.82, 2.24) is 14.8 Å². The van der Waals surface area contributed by atoms with Crippen LogP contribution in [0.3, 0.4) is 0 Å². The number of nitrogens with one attached hydrogen (secondary N) is 1. The first-order valence-electron chi connectivity index (χ1n) is 9.75. The molecule has 10 heteroatoms. The Bertz CT molecular complexity index is 1310. The number of sulfone groups is 1. The van der Waals surface area contributed by atoms with E-state index < -0.39 is 15.8 Å². The van der Waals surface area contributed by atoms with Gasteiger partial charge in [-0.05, 0) is 31.5 Å². The van der Waals surface area contributed by atoms with Crippen LogP contribution in [0.5, 0.6) is 0 Å². The van der Waals surface area contributed by atoms with Gasteiger partial charge in [0.1, 0.15) is 0 Å². The lowest BCUT2D eigenvalue weighted by atomic mass is 10.0. The van der Waals surface area contributed by atoms with Crippen molar-refractivity contribution in [2.75, 3.05) is 23.9 Å². The molecular formula is C21H22N4O5S. The number of amides is 1. The van der Waals surface area contributed by atoms with Crippen LogP contribution in [0, 0.1) is 6.92 Å². The summed E-state index contributed by atoms with van der Waals surface area (Å²) in [6.07, 6.45) is 0.441. The SMILES string of the molecule is COC(=O)c1cc(-c2cccc(NC(C)=O)c2)nc2c1c(C)nn2[C@@H]1CCS(=O)(=O)C1. The fraction of sp³-hybridized carbons (Fsp3) is 0.333. The summed E-state index contributed by atoms with van der Waals surface area (Å²) >= 11 is 0. The Morgan fingerprint density at radius 2 is 2.03 bits per heavy atom. The smallest absolute Gasteiger partial charge is 0.338 e. The Kier molecular flexibility index (Phi) is 5.26. The number of carbonyl (C=O) groups is 2. The number of anilines is 1. The Morgan fingerprint density at radius 3 is 2.68 bits per heavy atom. The largest absolute Gasteiger partial charge is 0.465 e. The molecule has 162 valence electrons. The van der Waals surface area contributed by atoms with E-state index in [0.29, 0.717) is 45.7 Å². The number of fused-ring (bicyclic) bond motifs is 1. The van der Waals surface area contributed by atoms with Gasteiger partial charge < -0.3 is 10.1 Å². The van der Waals surface area contributed by atoms with Gasteiger partial charge in [-0.1, -0.05) is 12.1 Å². The fourth-order valence-electron chi connectivity index (χ4n) is 3.91. The number of methoxy groups -OCH3 is 1. The molecule has 1 amide bonds. The number of nitrogens with zero attached hydrogens (tertiary/aromatic N) is 3. The van der Waals surface area contributed by atoms with Crippen LogP contribution < -0.4 is 5.32 Å². The number of aryl methyl sites for hydroxylation is 1. The second kappa shape index (κ2) is 7.77. The molecule has 1 aromatic carbocycles. The maximum atomic E-state index is 12.6. The number of aromatic nitrogens is 3. The van der Waals surface area contributed by atoms with Crippen LogP contribution in [0.25, 0.3) is 22.3 Å². The van der Waals surface area contributed by atoms with Crippen molar-refractivity contribution in [3.63, 3.8) is 0 Å². The second-order valence-electron chi connectivity index (χ2n) is 7.59. The van der Waals surface area contributed by atoms with Crippen LogP contribution in [0.2, 0.25) is 0 Å². The number of hydrogen-bond donors (Lipinski definition) is 1. The van der Waals surface area contributed by atoms with E-state index >= 15 is 0 Å². The predicted octanol–water partition coefficient (Wildman–Crippen LogP) is 2.51. The van der Waals surface area contributed by atoms with Crippen molar-refractivity contribution >= 4 is 38.4 Å². The van der Waals surface area contributed by atoms with Gasteiger partial charge >= 0.3 is 5.97 Å². The van der Waals surface area contributed by atoms with E-state index in [2.05, 4.69) is 10.4 Å². The molecule has 9 nitrogen and oxygen atoms in total. The van der Waals surface area contributed by atoms with Gasteiger partial charge in [-0.2, -0.15) is 5.10 Å². The summed E-state index contributed by atoms with van der Waals surface area (Å²) in [5, 5.41) is 7.80. The third kappa shape index (κ3) is 4.02. The maximum Gasteiger partial charge on any atom is 0.338 e. The van der Waals surface area contributed by atoms with Gasteiger partial charge in [0.05, 0.1) is 47.0 Å². The van der Waals surface area contributed by atoms with Gasteiger partial charge in [0.15, 0.2) is 15.5 Å². The molecule has 0 bridgehead atoms. The molecule has 0 unspecified atom stereocenters. The van der Waals surface area contributed by atoms with Crippen molar-refractivity contribution in [1.29, 1.82) is 0 Å². The molecule has 1 N–H and O–H groups in total. The van der Waals surface area contributed by atoms with Gasteiger partial charge in [-0.3, -0.25) is 4.79 Å². The molecule has 1 fully saturated rings. The monoisotopic (exact) mass is 442 g/mol. The molecule has 4 rings (SSSR count). The summed E-state index contributed by atoms with van der Waals surface area (Å²) in [5.41, 5.74) is 3.08. The van der Waals surface area contributed by atoms with Gasteiger partial charge in [-0.25, -0.2) is 22.9 Å². The molecule has 1 atom stereocenters. The average Bonchev–Trinajstić information content (AvgIpc) is 3.25. The van der Waals surface area contributed by atoms with Crippen LogP contribution >= 0.6 is 0 Å². The van der Waals surface area contributed by atoms with Gasteiger partial charge in [0.25, 0.3) is 0 Å². The normalized spacial score (nSPS) is 17.6. The molecule has 3 heterocycles. The molecular weight excluding hydrogens is 420 g/mol. The second-order valence-corrected chi connectivity index (χ2v) is 9.82. The molecule has 31 heavy (non-hydrogen) atoms. The van der Waals surface area contributed by atoms with Gasteiger partial charge in [-0.15, -0.1) is 0 Å². The topological polar surface area (TPSA) is 120 Å². The summed E-state index contributed by atoms with van der Waals surface area (Å²) in [6, 6.07) is 8.38. The summed E-state index contributed by atoms with van der Waals surface area (Å²) in [6.45, 7) is 3.18. The highest BCUT2D eigenvalue weighted by Crippen LogP contribution is 2.32. The standard InChI is InChI=1S/C21H22N4O5S/c1-12-19-17(21(27)30-3)10-18(14-5-4-6-15(9-14)22-13(2)26)23-20(19)25(24-12)16-7-8-31(28,29)11-16/h4-6,9-10,16H,7-8,11H2,1-3H3,(H,22,26)/t16-/m1/s1. The molecule has 0 saturated carbocycles. The highest BCUT2D eigenvalue weighted by atomic mass is 32.2. The lowest BCUT2D eigenvalue weighted by Gasteiger charge is -2.12. The first-order valence-corrected chi connectivity index (χ1v) is 11.6. The van der Waals surface area contributed by atoms with Crippen LogP contribution in [0.4, 0.5) is 5.69 Å². The first-order chi connectivity index (χ1) is 14.7. The Morgan fingerprint density at radius 1 is 1.26 bits per heavy atom. The average molecular weight is 442 g/mol. The zero-order chi connectivity index (χ0) is 22.3. The number of pyridine rings is 1. The molecule has 3 aromatic rings. The van der Waals surface area contributed by atoms with Gasteiger partial charge in [0, 0.05) is 18.2 Å². The number of hydrogen-bond acceptors (Lipinski definition) is 7. The van der Waals surface area contributed by atoms with Crippen molar-refractivity contribution < 1.29 is 22.7 Å². The quantitative estimate of drug-likeness (QED) is 0.616. The van der Waals surface area contributed by atoms with E-state index in [0.717, 1.165) is 0 Å². The number of carbonyl (C=O) groups excluding carboxylic acids is 2. The molecule has 0 aliphatic carbocycles. The van der Waals surface area contributed by atoms with Crippen molar-refractivity contribution in [2.45, 2.75) is 26.3 Å². The third-order valence-electron chi connectivity index (χ3n) is 5.28. The molecule has 1 aliphatic rings. The summed E-state index contributed by atoms with van der Waals surface area (Å²) in [7, 11) is -1.83. The fourth-order valence-corrected chi connectivity index (χ4v) is 5.61. The highest BCUT2D eigenvalue weighted by molar-refractivity contribution is 7.91. The van der Waals surface area contributed by atoms with E-state index in [1.807, 2.05) is 6.07 Å².